The van der Waals surface area contributed by atoms with Crippen LogP contribution in [0.4, 0.5) is 5.13 Å². The van der Waals surface area contributed by atoms with Crippen LogP contribution in [0.1, 0.15) is 23.9 Å². The summed E-state index contributed by atoms with van der Waals surface area (Å²) in [5.41, 5.74) is 4.91. The van der Waals surface area contributed by atoms with Crippen molar-refractivity contribution in [2.24, 2.45) is 5.92 Å². The lowest BCUT2D eigenvalue weighted by molar-refractivity contribution is -0.119. The van der Waals surface area contributed by atoms with E-state index < -0.39 is 0 Å². The molecular formula is C21H26N4O3S. The van der Waals surface area contributed by atoms with Gasteiger partial charge < -0.3 is 14.8 Å². The summed E-state index contributed by atoms with van der Waals surface area (Å²) in [5, 5.41) is 9.91. The van der Waals surface area contributed by atoms with E-state index in [2.05, 4.69) is 15.4 Å². The molecule has 1 aromatic carbocycles. The molecule has 0 radical (unpaired) electrons. The molecule has 0 unspecified atom stereocenters. The van der Waals surface area contributed by atoms with Gasteiger partial charge in [-0.3, -0.25) is 9.48 Å². The Morgan fingerprint density at radius 1 is 1.21 bits per heavy atom. The van der Waals surface area contributed by atoms with Crippen LogP contribution in [0.5, 0.6) is 11.5 Å². The number of rotatable bonds is 7. The lowest BCUT2D eigenvalue weighted by Crippen LogP contribution is -2.25. The van der Waals surface area contributed by atoms with Crippen molar-refractivity contribution in [1.82, 2.24) is 14.8 Å². The van der Waals surface area contributed by atoms with Gasteiger partial charge in [-0.15, -0.1) is 11.3 Å². The van der Waals surface area contributed by atoms with Crippen molar-refractivity contribution in [2.45, 2.75) is 34.2 Å². The second kappa shape index (κ2) is 8.65. The number of amides is 1. The standard InChI is InChI=1S/C21H26N4O3S/c1-12(10-25-15(4)13(2)14(3)24-25)20(26)23-21-22-17(11-29-21)16-7-8-18(27-5)19(9-16)28-6/h7-9,11-12H,10H2,1-6H3,(H,22,23,26)/t12-/m0/s1. The third kappa shape index (κ3) is 4.42. The number of hydrogen-bond donors (Lipinski definition) is 1. The molecule has 8 heteroatoms. The van der Waals surface area contributed by atoms with Crippen LogP contribution in [0.25, 0.3) is 11.3 Å². The Labute approximate surface area is 174 Å². The number of carbonyl (C=O) groups is 1. The van der Waals surface area contributed by atoms with E-state index in [-0.39, 0.29) is 11.8 Å². The molecular weight excluding hydrogens is 388 g/mol. The summed E-state index contributed by atoms with van der Waals surface area (Å²) in [5.74, 6) is 0.981. The highest BCUT2D eigenvalue weighted by Crippen LogP contribution is 2.33. The predicted octanol–water partition coefficient (Wildman–Crippen LogP) is 4.22. The molecule has 1 atom stereocenters. The van der Waals surface area contributed by atoms with Gasteiger partial charge in [0, 0.05) is 16.6 Å². The van der Waals surface area contributed by atoms with Crippen molar-refractivity contribution in [2.75, 3.05) is 19.5 Å². The zero-order chi connectivity index (χ0) is 21.1. The van der Waals surface area contributed by atoms with Crippen molar-refractivity contribution >= 4 is 22.4 Å². The number of benzene rings is 1. The van der Waals surface area contributed by atoms with Crippen molar-refractivity contribution in [1.29, 1.82) is 0 Å². The number of carbonyl (C=O) groups excluding carboxylic acids is 1. The number of aromatic nitrogens is 3. The number of thiazole rings is 1. The molecule has 0 saturated heterocycles. The summed E-state index contributed by atoms with van der Waals surface area (Å²) in [6, 6.07) is 5.62. The average molecular weight is 415 g/mol. The topological polar surface area (TPSA) is 78.3 Å². The fraction of sp³-hybridized carbons (Fsp3) is 0.381. The van der Waals surface area contributed by atoms with E-state index in [0.717, 1.165) is 28.2 Å². The largest absolute Gasteiger partial charge is 0.493 e. The van der Waals surface area contributed by atoms with Crippen LogP contribution in [-0.4, -0.2) is 34.9 Å². The van der Waals surface area contributed by atoms with Gasteiger partial charge in [0.1, 0.15) is 0 Å². The van der Waals surface area contributed by atoms with E-state index >= 15 is 0 Å². The van der Waals surface area contributed by atoms with Crippen molar-refractivity contribution < 1.29 is 14.3 Å². The predicted molar refractivity (Wildman–Crippen MR) is 115 cm³/mol. The number of methoxy groups -OCH3 is 2. The van der Waals surface area contributed by atoms with E-state index in [4.69, 9.17) is 9.47 Å². The summed E-state index contributed by atoms with van der Waals surface area (Å²) in [6.45, 7) is 8.47. The molecule has 1 N–H and O–H groups in total. The molecule has 0 spiro atoms. The van der Waals surface area contributed by atoms with Gasteiger partial charge >= 0.3 is 0 Å². The second-order valence-corrected chi connectivity index (χ2v) is 7.83. The monoisotopic (exact) mass is 414 g/mol. The summed E-state index contributed by atoms with van der Waals surface area (Å²) in [4.78, 5) is 17.2. The van der Waals surface area contributed by atoms with Crippen LogP contribution in [-0.2, 0) is 11.3 Å². The fourth-order valence-corrected chi connectivity index (χ4v) is 3.72. The quantitative estimate of drug-likeness (QED) is 0.626. The van der Waals surface area contributed by atoms with Crippen LogP contribution >= 0.6 is 11.3 Å². The Hall–Kier alpha value is -2.87. The highest BCUT2D eigenvalue weighted by molar-refractivity contribution is 7.14. The molecule has 0 aliphatic rings. The van der Waals surface area contributed by atoms with Gasteiger partial charge in [-0.1, -0.05) is 6.92 Å². The van der Waals surface area contributed by atoms with Gasteiger partial charge in [-0.05, 0) is 44.5 Å². The van der Waals surface area contributed by atoms with E-state index in [1.54, 1.807) is 14.2 Å². The first-order chi connectivity index (χ1) is 13.8. The number of hydrogen-bond acceptors (Lipinski definition) is 6. The molecule has 3 rings (SSSR count). The molecule has 29 heavy (non-hydrogen) atoms. The van der Waals surface area contributed by atoms with Crippen LogP contribution in [0.3, 0.4) is 0 Å². The molecule has 0 aliphatic heterocycles. The minimum Gasteiger partial charge on any atom is -0.493 e. The van der Waals surface area contributed by atoms with Crippen LogP contribution in [0.2, 0.25) is 0 Å². The molecule has 0 saturated carbocycles. The van der Waals surface area contributed by atoms with Crippen molar-refractivity contribution in [3.8, 4) is 22.8 Å². The highest BCUT2D eigenvalue weighted by Gasteiger charge is 2.18. The van der Waals surface area contributed by atoms with Crippen molar-refractivity contribution in [3.63, 3.8) is 0 Å². The highest BCUT2D eigenvalue weighted by atomic mass is 32.1. The van der Waals surface area contributed by atoms with Crippen LogP contribution < -0.4 is 14.8 Å². The van der Waals surface area contributed by atoms with E-state index in [1.165, 1.54) is 11.3 Å². The summed E-state index contributed by atoms with van der Waals surface area (Å²) < 4.78 is 12.5. The molecule has 3 aromatic rings. The Bertz CT molecular complexity index is 1030. The second-order valence-electron chi connectivity index (χ2n) is 6.98. The maximum absolute atomic E-state index is 12.6. The summed E-state index contributed by atoms with van der Waals surface area (Å²) in [7, 11) is 3.20. The summed E-state index contributed by atoms with van der Waals surface area (Å²) in [6.07, 6.45) is 0. The molecule has 7 nitrogen and oxygen atoms in total. The molecule has 2 heterocycles. The van der Waals surface area contributed by atoms with Gasteiger partial charge in [0.05, 0.1) is 38.1 Å². The zero-order valence-corrected chi connectivity index (χ0v) is 18.4. The summed E-state index contributed by atoms with van der Waals surface area (Å²) >= 11 is 1.39. The number of ether oxygens (including phenoxy) is 2. The van der Waals surface area contributed by atoms with Gasteiger partial charge in [0.15, 0.2) is 16.6 Å². The Kier molecular flexibility index (Phi) is 6.22. The lowest BCUT2D eigenvalue weighted by atomic mass is 10.1. The van der Waals surface area contributed by atoms with Gasteiger partial charge in [-0.25, -0.2) is 4.98 Å². The third-order valence-corrected chi connectivity index (χ3v) is 5.81. The van der Waals surface area contributed by atoms with Gasteiger partial charge in [0.25, 0.3) is 0 Å². The van der Waals surface area contributed by atoms with Crippen molar-refractivity contribution in [3.05, 3.63) is 40.5 Å². The molecule has 0 aliphatic carbocycles. The Morgan fingerprint density at radius 2 is 1.93 bits per heavy atom. The van der Waals surface area contributed by atoms with E-state index in [0.29, 0.717) is 23.2 Å². The first-order valence-electron chi connectivity index (χ1n) is 9.33. The zero-order valence-electron chi connectivity index (χ0n) is 17.6. The lowest BCUT2D eigenvalue weighted by Gasteiger charge is -2.12. The maximum atomic E-state index is 12.6. The molecule has 154 valence electrons. The minimum absolute atomic E-state index is 0.0802. The molecule has 2 aromatic heterocycles. The number of aryl methyl sites for hydroxylation is 1. The minimum atomic E-state index is -0.235. The normalized spacial score (nSPS) is 11.9. The average Bonchev–Trinajstić information content (AvgIpc) is 3.28. The first-order valence-corrected chi connectivity index (χ1v) is 10.2. The van der Waals surface area contributed by atoms with Gasteiger partial charge in [-0.2, -0.15) is 5.10 Å². The third-order valence-electron chi connectivity index (χ3n) is 5.05. The smallest absolute Gasteiger partial charge is 0.230 e. The van der Waals surface area contributed by atoms with E-state index in [9.17, 15) is 4.79 Å². The van der Waals surface area contributed by atoms with Crippen LogP contribution in [0.15, 0.2) is 23.6 Å². The maximum Gasteiger partial charge on any atom is 0.230 e. The van der Waals surface area contributed by atoms with E-state index in [1.807, 2.05) is 56.0 Å². The first kappa shape index (κ1) is 20.9. The fourth-order valence-electron chi connectivity index (χ4n) is 2.99. The number of anilines is 1. The molecule has 0 fully saturated rings. The van der Waals surface area contributed by atoms with Crippen LogP contribution in [0, 0.1) is 26.7 Å². The Balaban J connectivity index is 1.69. The number of nitrogens with one attached hydrogen (secondary N) is 1. The Morgan fingerprint density at radius 3 is 2.55 bits per heavy atom. The SMILES string of the molecule is COc1ccc(-c2csc(NC(=O)[C@@H](C)Cn3nc(C)c(C)c3C)n2)cc1OC. The molecule has 1 amide bonds. The number of nitrogens with zero attached hydrogens (tertiary/aromatic N) is 3. The molecule has 0 bridgehead atoms. The van der Waals surface area contributed by atoms with Gasteiger partial charge in [0.2, 0.25) is 5.91 Å².